The number of aromatic nitrogens is 4. The number of H-pyrrole nitrogens is 1. The molecule has 0 saturated carbocycles. The summed E-state index contributed by atoms with van der Waals surface area (Å²) in [5.41, 5.74) is 2.03. The fourth-order valence-corrected chi connectivity index (χ4v) is 2.85. The molecule has 0 radical (unpaired) electrons. The van der Waals surface area contributed by atoms with Crippen molar-refractivity contribution < 1.29 is 30.3 Å². The van der Waals surface area contributed by atoms with Gasteiger partial charge in [0.25, 0.3) is 0 Å². The lowest BCUT2D eigenvalue weighted by molar-refractivity contribution is -0.250. The Kier molecular flexibility index (Phi) is 5.99. The van der Waals surface area contributed by atoms with Crippen LogP contribution in [0.3, 0.4) is 0 Å². The molecule has 0 aromatic carbocycles. The van der Waals surface area contributed by atoms with Crippen molar-refractivity contribution in [2.45, 2.75) is 37.6 Å². The maximum absolute atomic E-state index is 10.3. The van der Waals surface area contributed by atoms with Gasteiger partial charge in [0.1, 0.15) is 36.3 Å². The van der Waals surface area contributed by atoms with E-state index in [4.69, 9.17) is 9.84 Å². The van der Waals surface area contributed by atoms with Crippen molar-refractivity contribution in [1.82, 2.24) is 19.5 Å². The third-order valence-electron chi connectivity index (χ3n) is 4.46. The number of nitrogens with one attached hydrogen (secondary N) is 1. The van der Waals surface area contributed by atoms with Crippen LogP contribution in [-0.2, 0) is 4.74 Å². The van der Waals surface area contributed by atoms with Gasteiger partial charge in [-0.15, -0.1) is 0 Å². The van der Waals surface area contributed by atoms with Gasteiger partial charge in [0.2, 0.25) is 0 Å². The lowest BCUT2D eigenvalue weighted by Crippen LogP contribution is -2.56. The Hall–Kier alpha value is -2.15. The molecule has 0 bridgehead atoms. The van der Waals surface area contributed by atoms with Crippen LogP contribution in [0.4, 0.5) is 0 Å². The molecule has 6 N–H and O–H groups in total. The molecular weight excluding hydrogens is 358 g/mol. The van der Waals surface area contributed by atoms with Crippen LogP contribution in [0.5, 0.6) is 0 Å². The number of nitrogens with zero attached hydrogens (tertiary/aromatic N) is 4. The Labute approximate surface area is 153 Å². The van der Waals surface area contributed by atoms with Gasteiger partial charge in [0.05, 0.1) is 26.1 Å². The molecule has 3 heterocycles. The van der Waals surface area contributed by atoms with E-state index < -0.39 is 37.3 Å². The highest BCUT2D eigenvalue weighted by Gasteiger charge is 2.44. The molecule has 3 rings (SSSR count). The van der Waals surface area contributed by atoms with Crippen LogP contribution in [0, 0.1) is 0 Å². The Bertz CT molecular complexity index is 876. The summed E-state index contributed by atoms with van der Waals surface area (Å²) in [5.74, 6) is 0. The molecule has 0 aliphatic carbocycles. The summed E-state index contributed by atoms with van der Waals surface area (Å²) < 4.78 is 6.96. The molecule has 1 fully saturated rings. The van der Waals surface area contributed by atoms with Crippen LogP contribution in [0.15, 0.2) is 29.3 Å². The number of aliphatic hydroxyl groups excluding tert-OH is 5. The van der Waals surface area contributed by atoms with Crippen molar-refractivity contribution in [3.63, 3.8) is 0 Å². The zero-order chi connectivity index (χ0) is 19.6. The minimum Gasteiger partial charge on any atom is -0.394 e. The summed E-state index contributed by atoms with van der Waals surface area (Å²) in [4.78, 5) is 15.7. The molecule has 0 amide bonds. The maximum atomic E-state index is 10.3. The number of hydrogen-bond acceptors (Lipinski definition) is 9. The molecule has 27 heavy (non-hydrogen) atoms. The first-order valence-electron chi connectivity index (χ1n) is 8.45. The first-order chi connectivity index (χ1) is 13.0. The van der Waals surface area contributed by atoms with Crippen LogP contribution in [0.2, 0.25) is 0 Å². The highest BCUT2D eigenvalue weighted by molar-refractivity contribution is 5.68. The highest BCUT2D eigenvalue weighted by atomic mass is 16.6. The molecule has 11 nitrogen and oxygen atoms in total. The average molecular weight is 381 g/mol. The van der Waals surface area contributed by atoms with Gasteiger partial charge < -0.3 is 35.3 Å². The van der Waals surface area contributed by atoms with E-state index in [0.29, 0.717) is 23.2 Å². The standard InChI is InChI=1S/C16H23N5O6/c1-8(4-22)2-3-17-14-10-15(19-6-18-10)21(7-20-14)16-13(26)12(25)11(24)9(5-23)27-16/h2,6-7,9,11-13,16,22-26H,3-5H2,1H3,(H,18,19)/b8-2-,17-14?/t9-,11-,12+,13-,16?/m1/s1. The van der Waals surface area contributed by atoms with Crippen LogP contribution in [-0.4, -0.2) is 89.2 Å². The number of aliphatic hydroxyl groups is 5. The van der Waals surface area contributed by atoms with E-state index in [1.54, 1.807) is 13.0 Å². The van der Waals surface area contributed by atoms with Crippen LogP contribution in [0.1, 0.15) is 13.2 Å². The second kappa shape index (κ2) is 8.25. The molecule has 1 saturated heterocycles. The number of hydrogen-bond donors (Lipinski definition) is 6. The molecule has 0 spiro atoms. The molecule has 2 aromatic heterocycles. The van der Waals surface area contributed by atoms with Crippen molar-refractivity contribution in [1.29, 1.82) is 0 Å². The van der Waals surface area contributed by atoms with Gasteiger partial charge in [-0.2, -0.15) is 0 Å². The van der Waals surface area contributed by atoms with Crippen molar-refractivity contribution in [3.8, 4) is 0 Å². The largest absolute Gasteiger partial charge is 0.394 e. The minimum atomic E-state index is -1.50. The van der Waals surface area contributed by atoms with Gasteiger partial charge in [-0.3, -0.25) is 9.56 Å². The summed E-state index contributed by atoms with van der Waals surface area (Å²) in [6.07, 6.45) is -1.98. The summed E-state index contributed by atoms with van der Waals surface area (Å²) in [5, 5.41) is 48.6. The second-order valence-electron chi connectivity index (χ2n) is 6.35. The van der Waals surface area contributed by atoms with Crippen molar-refractivity contribution in [2.75, 3.05) is 19.8 Å². The van der Waals surface area contributed by atoms with Crippen molar-refractivity contribution in [3.05, 3.63) is 29.8 Å². The van der Waals surface area contributed by atoms with Crippen LogP contribution < -0.4 is 5.49 Å². The summed E-state index contributed by atoms with van der Waals surface area (Å²) in [6.45, 7) is 1.53. The fraction of sp³-hybridized carbons (Fsp3) is 0.562. The first-order valence-corrected chi connectivity index (χ1v) is 8.45. The maximum Gasteiger partial charge on any atom is 0.177 e. The predicted octanol–water partition coefficient (Wildman–Crippen LogP) is -2.43. The van der Waals surface area contributed by atoms with Gasteiger partial charge in [-0.1, -0.05) is 11.6 Å². The molecule has 1 aliphatic heterocycles. The van der Waals surface area contributed by atoms with E-state index in [1.807, 2.05) is 0 Å². The van der Waals surface area contributed by atoms with Crippen molar-refractivity contribution in [2.24, 2.45) is 4.99 Å². The number of ether oxygens (including phenoxy) is 1. The van der Waals surface area contributed by atoms with E-state index in [-0.39, 0.29) is 6.61 Å². The fourth-order valence-electron chi connectivity index (χ4n) is 2.85. The van der Waals surface area contributed by atoms with E-state index >= 15 is 0 Å². The SMILES string of the molecule is C/C(=C/CN=c1ncn(C2O[C@H](CO)[C@@H](O)[C@H](O)[C@H]2O)c2nc[nH]c12)CO. The zero-order valence-electron chi connectivity index (χ0n) is 14.7. The number of rotatable bonds is 5. The molecule has 1 unspecified atom stereocenters. The van der Waals surface area contributed by atoms with E-state index in [2.05, 4.69) is 19.9 Å². The quantitative estimate of drug-likeness (QED) is 0.311. The van der Waals surface area contributed by atoms with E-state index in [0.717, 1.165) is 5.57 Å². The minimum absolute atomic E-state index is 0.0473. The number of fused-ring (bicyclic) bond motifs is 1. The molecule has 2 aromatic rings. The van der Waals surface area contributed by atoms with Gasteiger partial charge in [-0.05, 0) is 6.92 Å². The topological polar surface area (TPSA) is 169 Å². The Morgan fingerprint density at radius 2 is 2.04 bits per heavy atom. The smallest absolute Gasteiger partial charge is 0.177 e. The van der Waals surface area contributed by atoms with E-state index in [1.165, 1.54) is 17.2 Å². The average Bonchev–Trinajstić information content (AvgIpc) is 3.17. The Balaban J connectivity index is 1.98. The summed E-state index contributed by atoms with van der Waals surface area (Å²) in [7, 11) is 0. The van der Waals surface area contributed by atoms with Gasteiger partial charge in [-0.25, -0.2) is 9.97 Å². The number of imidazole rings is 1. The molecular formula is C16H23N5O6. The van der Waals surface area contributed by atoms with Gasteiger partial charge >= 0.3 is 0 Å². The predicted molar refractivity (Wildman–Crippen MR) is 92.2 cm³/mol. The lowest BCUT2D eigenvalue weighted by atomic mass is 9.98. The lowest BCUT2D eigenvalue weighted by Gasteiger charge is -2.40. The first kappa shape index (κ1) is 19.6. The Morgan fingerprint density at radius 1 is 1.26 bits per heavy atom. The van der Waals surface area contributed by atoms with Gasteiger partial charge in [0, 0.05) is 0 Å². The molecule has 148 valence electrons. The third-order valence-corrected chi connectivity index (χ3v) is 4.46. The molecule has 1 aliphatic rings. The van der Waals surface area contributed by atoms with Crippen LogP contribution >= 0.6 is 0 Å². The second-order valence-corrected chi connectivity index (χ2v) is 6.35. The van der Waals surface area contributed by atoms with E-state index in [9.17, 15) is 20.4 Å². The highest BCUT2D eigenvalue weighted by Crippen LogP contribution is 2.29. The van der Waals surface area contributed by atoms with Crippen LogP contribution in [0.25, 0.3) is 11.2 Å². The summed E-state index contributed by atoms with van der Waals surface area (Å²) in [6, 6.07) is 0. The van der Waals surface area contributed by atoms with Crippen molar-refractivity contribution >= 4 is 11.2 Å². The zero-order valence-corrected chi connectivity index (χ0v) is 14.7. The number of aromatic amines is 1. The third kappa shape index (κ3) is 3.78. The molecule has 5 atom stereocenters. The Morgan fingerprint density at radius 3 is 2.74 bits per heavy atom. The normalized spacial score (nSPS) is 30.2. The summed E-state index contributed by atoms with van der Waals surface area (Å²) >= 11 is 0. The molecule has 11 heteroatoms. The monoisotopic (exact) mass is 381 g/mol. The van der Waals surface area contributed by atoms with Gasteiger partial charge in [0.15, 0.2) is 17.4 Å².